The number of benzene rings is 2. The van der Waals surface area contributed by atoms with E-state index in [9.17, 15) is 9.59 Å². The third-order valence-corrected chi connectivity index (χ3v) is 6.10. The van der Waals surface area contributed by atoms with Gasteiger partial charge in [0.15, 0.2) is 11.4 Å². The predicted octanol–water partition coefficient (Wildman–Crippen LogP) is 2.70. The van der Waals surface area contributed by atoms with Crippen LogP contribution in [0.4, 0.5) is 0 Å². The van der Waals surface area contributed by atoms with E-state index in [0.717, 1.165) is 11.1 Å². The number of aromatic nitrogens is 1. The number of allylic oxidation sites excluding steroid dienone is 1. The molecule has 1 aliphatic rings. The zero-order valence-electron chi connectivity index (χ0n) is 18.1. The normalized spacial score (nSPS) is 15.4. The van der Waals surface area contributed by atoms with E-state index >= 15 is 0 Å². The Kier molecular flexibility index (Phi) is 6.52. The monoisotopic (exact) mass is 459 g/mol. The maximum absolute atomic E-state index is 13.5. The third kappa shape index (κ3) is 4.49. The van der Waals surface area contributed by atoms with Crippen molar-refractivity contribution >= 4 is 23.4 Å². The molecule has 0 saturated heterocycles. The van der Waals surface area contributed by atoms with Crippen molar-refractivity contribution in [3.05, 3.63) is 96.7 Å². The van der Waals surface area contributed by atoms with Crippen LogP contribution >= 0.6 is 11.3 Å². The lowest BCUT2D eigenvalue weighted by molar-refractivity contribution is -0.139. The number of thiazole rings is 1. The van der Waals surface area contributed by atoms with Gasteiger partial charge >= 0.3 is 5.97 Å². The molecule has 2 aromatic carbocycles. The van der Waals surface area contributed by atoms with Crippen LogP contribution in [0.25, 0.3) is 6.08 Å². The molecule has 2 heterocycles. The third-order valence-electron chi connectivity index (χ3n) is 5.11. The average molecular weight is 460 g/mol. The number of hydrogen-bond donors (Lipinski definition) is 0. The minimum atomic E-state index is -0.620. The van der Waals surface area contributed by atoms with Crippen molar-refractivity contribution < 1.29 is 14.3 Å². The van der Waals surface area contributed by atoms with Crippen LogP contribution in [0.3, 0.4) is 0 Å². The number of nitrogens with zero attached hydrogens (tertiary/aromatic N) is 3. The summed E-state index contributed by atoms with van der Waals surface area (Å²) in [7, 11) is 0. The summed E-state index contributed by atoms with van der Waals surface area (Å²) in [5.74, 6) is 0.101. The quantitative estimate of drug-likeness (QED) is 0.529. The first-order valence-electron chi connectivity index (χ1n) is 10.4. The van der Waals surface area contributed by atoms with Gasteiger partial charge in [0.05, 0.1) is 28.5 Å². The van der Waals surface area contributed by atoms with Gasteiger partial charge in [0, 0.05) is 0 Å². The van der Waals surface area contributed by atoms with Crippen LogP contribution in [-0.2, 0) is 9.53 Å². The SMILES string of the molecule is CCOC(=O)C1=C(C)N=c2s/c(=C\c3ccc(OCC#N)cc3)c(=O)n2[C@H]1c1ccccc1. The topological polar surface area (TPSA) is 93.7 Å². The molecule has 0 fully saturated rings. The van der Waals surface area contributed by atoms with Crippen LogP contribution in [0.5, 0.6) is 5.75 Å². The fourth-order valence-corrected chi connectivity index (χ4v) is 4.72. The molecule has 166 valence electrons. The first kappa shape index (κ1) is 22.2. The maximum atomic E-state index is 13.5. The Morgan fingerprint density at radius 1 is 1.21 bits per heavy atom. The molecule has 0 N–H and O–H groups in total. The van der Waals surface area contributed by atoms with Gasteiger partial charge in [-0.2, -0.15) is 5.26 Å². The molecule has 0 spiro atoms. The van der Waals surface area contributed by atoms with E-state index in [1.54, 1.807) is 36.6 Å². The highest BCUT2D eigenvalue weighted by molar-refractivity contribution is 7.07. The van der Waals surface area contributed by atoms with Crippen LogP contribution in [-0.4, -0.2) is 23.8 Å². The molecule has 7 nitrogen and oxygen atoms in total. The molecular weight excluding hydrogens is 438 g/mol. The van der Waals surface area contributed by atoms with Crippen LogP contribution in [0.15, 0.2) is 75.7 Å². The van der Waals surface area contributed by atoms with Gasteiger partial charge in [0.25, 0.3) is 5.56 Å². The van der Waals surface area contributed by atoms with Crippen molar-refractivity contribution in [3.63, 3.8) is 0 Å². The van der Waals surface area contributed by atoms with Crippen LogP contribution in [0.2, 0.25) is 0 Å². The molecule has 3 aromatic rings. The van der Waals surface area contributed by atoms with Crippen molar-refractivity contribution in [2.75, 3.05) is 13.2 Å². The van der Waals surface area contributed by atoms with Crippen molar-refractivity contribution in [2.45, 2.75) is 19.9 Å². The Morgan fingerprint density at radius 3 is 2.61 bits per heavy atom. The molecule has 0 saturated carbocycles. The first-order chi connectivity index (χ1) is 16.0. The Balaban J connectivity index is 1.84. The van der Waals surface area contributed by atoms with Gasteiger partial charge in [-0.25, -0.2) is 9.79 Å². The maximum Gasteiger partial charge on any atom is 0.338 e. The number of ether oxygens (including phenoxy) is 2. The Hall–Kier alpha value is -3.96. The lowest BCUT2D eigenvalue weighted by Gasteiger charge is -2.24. The van der Waals surface area contributed by atoms with Gasteiger partial charge in [0.1, 0.15) is 11.8 Å². The minimum Gasteiger partial charge on any atom is -0.479 e. The molecule has 1 aliphatic heterocycles. The molecular formula is C25H21N3O4S. The van der Waals surface area contributed by atoms with Gasteiger partial charge < -0.3 is 9.47 Å². The summed E-state index contributed by atoms with van der Waals surface area (Å²) in [6.45, 7) is 3.71. The summed E-state index contributed by atoms with van der Waals surface area (Å²) in [5, 5.41) is 8.63. The highest BCUT2D eigenvalue weighted by atomic mass is 32.1. The van der Waals surface area contributed by atoms with E-state index in [1.807, 2.05) is 48.5 Å². The molecule has 4 rings (SSSR count). The van der Waals surface area contributed by atoms with Crippen molar-refractivity contribution in [3.8, 4) is 11.8 Å². The fraction of sp³-hybridized carbons (Fsp3) is 0.200. The summed E-state index contributed by atoms with van der Waals surface area (Å²) >= 11 is 1.27. The lowest BCUT2D eigenvalue weighted by atomic mass is 9.96. The number of fused-ring (bicyclic) bond motifs is 1. The minimum absolute atomic E-state index is 0.0282. The molecule has 0 aliphatic carbocycles. The van der Waals surface area contributed by atoms with E-state index in [4.69, 9.17) is 14.7 Å². The highest BCUT2D eigenvalue weighted by Gasteiger charge is 2.33. The van der Waals surface area contributed by atoms with E-state index in [1.165, 1.54) is 11.3 Å². The second kappa shape index (κ2) is 9.67. The molecule has 0 amide bonds. The predicted molar refractivity (Wildman–Crippen MR) is 124 cm³/mol. The van der Waals surface area contributed by atoms with Gasteiger partial charge in [-0.05, 0) is 43.2 Å². The average Bonchev–Trinajstić information content (AvgIpc) is 3.12. The Morgan fingerprint density at radius 2 is 1.94 bits per heavy atom. The molecule has 8 heteroatoms. The van der Waals surface area contributed by atoms with Gasteiger partial charge in [0.2, 0.25) is 0 Å². The van der Waals surface area contributed by atoms with Gasteiger partial charge in [-0.15, -0.1) is 0 Å². The van der Waals surface area contributed by atoms with Gasteiger partial charge in [-0.3, -0.25) is 9.36 Å². The van der Waals surface area contributed by atoms with E-state index in [-0.39, 0.29) is 18.8 Å². The Bertz CT molecular complexity index is 1430. The van der Waals surface area contributed by atoms with Crippen LogP contribution < -0.4 is 19.6 Å². The number of nitriles is 1. The summed E-state index contributed by atoms with van der Waals surface area (Å²) in [5.41, 5.74) is 2.28. The zero-order valence-corrected chi connectivity index (χ0v) is 19.0. The highest BCUT2D eigenvalue weighted by Crippen LogP contribution is 2.30. The number of esters is 1. The fourth-order valence-electron chi connectivity index (χ4n) is 3.67. The smallest absolute Gasteiger partial charge is 0.338 e. The van der Waals surface area contributed by atoms with E-state index in [0.29, 0.717) is 26.4 Å². The second-order valence-electron chi connectivity index (χ2n) is 7.23. The second-order valence-corrected chi connectivity index (χ2v) is 8.24. The van der Waals surface area contributed by atoms with E-state index < -0.39 is 12.0 Å². The number of rotatable bonds is 6. The summed E-state index contributed by atoms with van der Waals surface area (Å²) in [4.78, 5) is 31.4. The van der Waals surface area contributed by atoms with E-state index in [2.05, 4.69) is 4.99 Å². The molecule has 1 atom stereocenters. The van der Waals surface area contributed by atoms with Crippen molar-refractivity contribution in [1.29, 1.82) is 5.26 Å². The summed E-state index contributed by atoms with van der Waals surface area (Å²) in [6.07, 6.45) is 1.78. The molecule has 0 unspecified atom stereocenters. The number of carbonyl (C=O) groups excluding carboxylic acids is 1. The Labute approximate surface area is 194 Å². The van der Waals surface area contributed by atoms with Crippen LogP contribution in [0.1, 0.15) is 31.0 Å². The van der Waals surface area contributed by atoms with Crippen molar-refractivity contribution in [1.82, 2.24) is 4.57 Å². The van der Waals surface area contributed by atoms with Crippen LogP contribution in [0, 0.1) is 11.3 Å². The molecule has 0 radical (unpaired) electrons. The van der Waals surface area contributed by atoms with Gasteiger partial charge in [-0.1, -0.05) is 53.8 Å². The number of hydrogen-bond acceptors (Lipinski definition) is 7. The summed E-state index contributed by atoms with van der Waals surface area (Å²) < 4.78 is 12.6. The first-order valence-corrected chi connectivity index (χ1v) is 11.2. The molecule has 0 bridgehead atoms. The number of carbonyl (C=O) groups is 1. The molecule has 1 aromatic heterocycles. The largest absolute Gasteiger partial charge is 0.479 e. The zero-order chi connectivity index (χ0) is 23.4. The summed E-state index contributed by atoms with van der Waals surface area (Å²) in [6, 6.07) is 17.8. The lowest BCUT2D eigenvalue weighted by Crippen LogP contribution is -2.39. The standard InChI is InChI=1S/C25H21N3O4S/c1-3-31-24(30)21-16(2)27-25-28(22(21)18-7-5-4-6-8-18)23(29)20(33-25)15-17-9-11-19(12-10-17)32-14-13-26/h4-12,15,22H,3,14H2,1-2H3/b20-15-/t22-/m0/s1. The molecule has 33 heavy (non-hydrogen) atoms. The van der Waals surface area contributed by atoms with Crippen molar-refractivity contribution in [2.24, 2.45) is 4.99 Å².